The molecule has 1 aliphatic rings. The number of nitro benzene ring substituents is 1. The van der Waals surface area contributed by atoms with Crippen LogP contribution >= 0.6 is 11.3 Å². The average molecular weight is 476 g/mol. The molecule has 1 aromatic carbocycles. The van der Waals surface area contributed by atoms with Crippen LogP contribution in [0.25, 0.3) is 11.3 Å². The fraction of sp³-hybridized carbons (Fsp3) is 0.200. The quantitative estimate of drug-likeness (QED) is 0.198. The van der Waals surface area contributed by atoms with Gasteiger partial charge in [0.2, 0.25) is 0 Å². The lowest BCUT2D eigenvalue weighted by Gasteiger charge is -2.12. The highest BCUT2D eigenvalue weighted by atomic mass is 32.1. The number of fused-ring (bicyclic) bond motifs is 1. The van der Waals surface area contributed by atoms with Crippen LogP contribution in [-0.2, 0) is 19.4 Å². The van der Waals surface area contributed by atoms with Gasteiger partial charge in [-0.3, -0.25) is 14.9 Å². The molecule has 5 rings (SSSR count). The molecule has 0 aliphatic heterocycles. The Morgan fingerprint density at radius 3 is 2.88 bits per heavy atom. The monoisotopic (exact) mass is 475 g/mol. The van der Waals surface area contributed by atoms with Crippen LogP contribution in [0.15, 0.2) is 68.6 Å². The molecule has 3 heterocycles. The molecule has 0 saturated carbocycles. The zero-order valence-corrected chi connectivity index (χ0v) is 19.0. The third kappa shape index (κ3) is 4.55. The smallest absolute Gasteiger partial charge is 0.270 e. The van der Waals surface area contributed by atoms with Crippen molar-refractivity contribution < 1.29 is 18.6 Å². The van der Waals surface area contributed by atoms with E-state index < -0.39 is 4.92 Å². The zero-order valence-electron chi connectivity index (χ0n) is 18.2. The van der Waals surface area contributed by atoms with Crippen molar-refractivity contribution in [2.75, 3.05) is 0 Å². The van der Waals surface area contributed by atoms with E-state index in [1.54, 1.807) is 54.1 Å². The normalized spacial score (nSPS) is 13.2. The number of nitrogens with zero attached hydrogens (tertiary/aromatic N) is 2. The lowest BCUT2D eigenvalue weighted by molar-refractivity contribution is -0.384. The highest BCUT2D eigenvalue weighted by Crippen LogP contribution is 2.40. The maximum atomic E-state index is 13.1. The number of non-ortho nitro benzene ring substituents is 1. The summed E-state index contributed by atoms with van der Waals surface area (Å²) in [6.07, 6.45) is 7.13. The van der Waals surface area contributed by atoms with Gasteiger partial charge in [0.1, 0.15) is 22.3 Å². The van der Waals surface area contributed by atoms with Crippen molar-refractivity contribution in [1.29, 1.82) is 0 Å². The lowest BCUT2D eigenvalue weighted by atomic mass is 9.95. The van der Waals surface area contributed by atoms with Gasteiger partial charge in [-0.15, -0.1) is 11.3 Å². The third-order valence-electron chi connectivity index (χ3n) is 5.66. The summed E-state index contributed by atoms with van der Waals surface area (Å²) in [6.45, 7) is 0.310. The first-order valence-corrected chi connectivity index (χ1v) is 11.7. The number of rotatable bonds is 7. The van der Waals surface area contributed by atoms with Crippen molar-refractivity contribution in [2.24, 2.45) is 4.99 Å². The molecule has 9 heteroatoms. The van der Waals surface area contributed by atoms with E-state index in [0.717, 1.165) is 31.2 Å². The van der Waals surface area contributed by atoms with Crippen LogP contribution in [0.4, 0.5) is 10.7 Å². The summed E-state index contributed by atoms with van der Waals surface area (Å²) in [4.78, 5) is 29.5. The minimum absolute atomic E-state index is 0.00140. The molecule has 34 heavy (non-hydrogen) atoms. The summed E-state index contributed by atoms with van der Waals surface area (Å²) in [6, 6.07) is 13.4. The Hall–Kier alpha value is -3.98. The van der Waals surface area contributed by atoms with Gasteiger partial charge in [-0.2, -0.15) is 0 Å². The van der Waals surface area contributed by atoms with Gasteiger partial charge >= 0.3 is 0 Å². The maximum absolute atomic E-state index is 13.1. The lowest BCUT2D eigenvalue weighted by Crippen LogP contribution is -2.23. The predicted octanol–water partition coefficient (Wildman–Crippen LogP) is 6.07. The van der Waals surface area contributed by atoms with Crippen molar-refractivity contribution in [3.8, 4) is 11.3 Å². The van der Waals surface area contributed by atoms with E-state index in [-0.39, 0.29) is 11.6 Å². The van der Waals surface area contributed by atoms with Crippen LogP contribution in [0.3, 0.4) is 0 Å². The van der Waals surface area contributed by atoms with E-state index in [4.69, 9.17) is 8.83 Å². The topological polar surface area (TPSA) is 111 Å². The summed E-state index contributed by atoms with van der Waals surface area (Å²) in [5.74, 6) is 1.52. The second-order valence-corrected chi connectivity index (χ2v) is 9.00. The first-order chi connectivity index (χ1) is 16.6. The van der Waals surface area contributed by atoms with Gasteiger partial charge in [0.25, 0.3) is 11.6 Å². The van der Waals surface area contributed by atoms with Gasteiger partial charge in [0, 0.05) is 22.6 Å². The second-order valence-electron chi connectivity index (χ2n) is 7.92. The molecule has 0 radical (unpaired) electrons. The number of benzene rings is 1. The molecule has 0 saturated heterocycles. The summed E-state index contributed by atoms with van der Waals surface area (Å²) < 4.78 is 11.2. The summed E-state index contributed by atoms with van der Waals surface area (Å²) in [5, 5.41) is 14.6. The number of nitrogens with one attached hydrogen (secondary N) is 1. The molecule has 0 unspecified atom stereocenters. The Morgan fingerprint density at radius 2 is 2.06 bits per heavy atom. The average Bonchev–Trinajstić information content (AvgIpc) is 3.61. The molecule has 0 bridgehead atoms. The Morgan fingerprint density at radius 1 is 1.18 bits per heavy atom. The van der Waals surface area contributed by atoms with Crippen LogP contribution in [0, 0.1) is 10.1 Å². The molecule has 172 valence electrons. The van der Waals surface area contributed by atoms with E-state index in [9.17, 15) is 14.9 Å². The molecule has 3 aromatic heterocycles. The summed E-state index contributed by atoms with van der Waals surface area (Å²) >= 11 is 1.54. The van der Waals surface area contributed by atoms with Crippen molar-refractivity contribution in [3.63, 3.8) is 0 Å². The highest BCUT2D eigenvalue weighted by Gasteiger charge is 2.25. The number of carbonyl (C=O) groups is 1. The molecule has 1 N–H and O–H groups in total. The molecule has 1 amide bonds. The number of hydrogen-bond donors (Lipinski definition) is 1. The number of hydrogen-bond acceptors (Lipinski definition) is 7. The predicted molar refractivity (Wildman–Crippen MR) is 129 cm³/mol. The summed E-state index contributed by atoms with van der Waals surface area (Å²) in [7, 11) is 0. The SMILES string of the molecule is O=C(NCc1ccco1)c1c(/N=C\c2ccc(-c3cccc([N+](=O)[O-])c3)o2)sc2c1CCCC2. The van der Waals surface area contributed by atoms with Crippen LogP contribution in [0.2, 0.25) is 0 Å². The third-order valence-corrected chi connectivity index (χ3v) is 6.86. The number of amides is 1. The standard InChI is InChI=1S/C25H21N3O5S/c29-24(26-14-18-7-4-12-32-18)23-20-8-1-2-9-22(20)34-25(23)27-15-19-10-11-21(33-19)16-5-3-6-17(13-16)28(30)31/h3-7,10-13,15H,1-2,8-9,14H2,(H,26,29)/b27-15-. The number of furan rings is 2. The van der Waals surface area contributed by atoms with Crippen LogP contribution in [0.1, 0.15) is 45.2 Å². The van der Waals surface area contributed by atoms with Crippen LogP contribution in [-0.4, -0.2) is 17.0 Å². The Labute approximate surface area is 199 Å². The first kappa shape index (κ1) is 21.8. The molecule has 8 nitrogen and oxygen atoms in total. The van der Waals surface area contributed by atoms with Gasteiger partial charge in [0.05, 0.1) is 29.5 Å². The fourth-order valence-corrected chi connectivity index (χ4v) is 5.25. The maximum Gasteiger partial charge on any atom is 0.270 e. The minimum Gasteiger partial charge on any atom is -0.467 e. The fourth-order valence-electron chi connectivity index (χ4n) is 4.02. The van der Waals surface area contributed by atoms with Gasteiger partial charge in [-0.25, -0.2) is 4.99 Å². The van der Waals surface area contributed by atoms with E-state index in [1.165, 1.54) is 17.0 Å². The summed E-state index contributed by atoms with van der Waals surface area (Å²) in [5.41, 5.74) is 2.31. The molecule has 0 spiro atoms. The Bertz CT molecular complexity index is 1370. The first-order valence-electron chi connectivity index (χ1n) is 10.9. The van der Waals surface area contributed by atoms with Crippen molar-refractivity contribution in [3.05, 3.63) is 92.4 Å². The molecule has 0 atom stereocenters. The minimum atomic E-state index is -0.439. The zero-order chi connectivity index (χ0) is 23.5. The van der Waals surface area contributed by atoms with Gasteiger partial charge < -0.3 is 14.2 Å². The molecular formula is C25H21N3O5S. The number of carbonyl (C=O) groups excluding carboxylic acids is 1. The van der Waals surface area contributed by atoms with E-state index in [1.807, 2.05) is 6.07 Å². The largest absolute Gasteiger partial charge is 0.467 e. The number of aliphatic imine (C=N–C) groups is 1. The van der Waals surface area contributed by atoms with Gasteiger partial charge in [-0.05, 0) is 55.5 Å². The van der Waals surface area contributed by atoms with Crippen LogP contribution < -0.4 is 5.32 Å². The molecule has 1 aliphatic carbocycles. The second kappa shape index (κ2) is 9.48. The Balaban J connectivity index is 1.39. The molecular weight excluding hydrogens is 454 g/mol. The van der Waals surface area contributed by atoms with Gasteiger partial charge in [-0.1, -0.05) is 12.1 Å². The van der Waals surface area contributed by atoms with Crippen LogP contribution in [0.5, 0.6) is 0 Å². The number of nitro groups is 1. The number of aryl methyl sites for hydroxylation is 1. The van der Waals surface area contributed by atoms with Crippen molar-refractivity contribution in [1.82, 2.24) is 5.32 Å². The number of thiophene rings is 1. The molecule has 4 aromatic rings. The van der Waals surface area contributed by atoms with E-state index in [0.29, 0.717) is 40.0 Å². The van der Waals surface area contributed by atoms with Crippen molar-refractivity contribution >= 4 is 34.1 Å². The highest BCUT2D eigenvalue weighted by molar-refractivity contribution is 7.16. The van der Waals surface area contributed by atoms with Gasteiger partial charge in [0.15, 0.2) is 0 Å². The van der Waals surface area contributed by atoms with Crippen molar-refractivity contribution in [2.45, 2.75) is 32.2 Å². The van der Waals surface area contributed by atoms with E-state index >= 15 is 0 Å². The molecule has 0 fully saturated rings. The Kier molecular flexibility index (Phi) is 6.09. The van der Waals surface area contributed by atoms with E-state index in [2.05, 4.69) is 10.3 Å².